The molecule has 1 fully saturated rings. The maximum absolute atomic E-state index is 5.43. The lowest BCUT2D eigenvalue weighted by Crippen LogP contribution is -2.36. The molecule has 3 aromatic heterocycles. The largest absolute Gasteiger partial charge is 0.379 e. The first-order valence-electron chi connectivity index (χ1n) is 11.5. The van der Waals surface area contributed by atoms with Crippen LogP contribution >= 0.6 is 0 Å². The normalized spacial score (nSPS) is 14.9. The lowest BCUT2D eigenvalue weighted by atomic mass is 10.0. The summed E-state index contributed by atoms with van der Waals surface area (Å²) in [6.07, 6.45) is 8.06. The molecule has 0 saturated carbocycles. The second-order valence-corrected chi connectivity index (χ2v) is 8.54. The minimum absolute atomic E-state index is 0.802. The number of benzene rings is 2. The number of morpholine rings is 1. The standard InChI is InChI=1S/C26H26N6O/c1-2-6-24-22(5-1)25(30-29-24)23-17-28-32-18-21(16-27-26(23)32)20-9-7-19(8-10-20)4-3-11-31-12-14-33-15-13-31/h1-2,5-10,16-18H,3-4,11-15H2,(H,29,30). The fraction of sp³-hybridized carbons (Fsp3) is 0.269. The van der Waals surface area contributed by atoms with Gasteiger partial charge < -0.3 is 4.74 Å². The summed E-state index contributed by atoms with van der Waals surface area (Å²) < 4.78 is 7.26. The molecule has 4 heterocycles. The van der Waals surface area contributed by atoms with Gasteiger partial charge in [0, 0.05) is 36.4 Å². The zero-order chi connectivity index (χ0) is 22.0. The quantitative estimate of drug-likeness (QED) is 0.430. The predicted octanol–water partition coefficient (Wildman–Crippen LogP) is 4.20. The van der Waals surface area contributed by atoms with Crippen LogP contribution in [-0.4, -0.2) is 62.5 Å². The molecule has 0 aliphatic carbocycles. The van der Waals surface area contributed by atoms with Gasteiger partial charge in [0.2, 0.25) is 0 Å². The smallest absolute Gasteiger partial charge is 0.164 e. The van der Waals surface area contributed by atoms with E-state index in [9.17, 15) is 0 Å². The first-order chi connectivity index (χ1) is 16.3. The molecular weight excluding hydrogens is 412 g/mol. The summed E-state index contributed by atoms with van der Waals surface area (Å²) >= 11 is 0. The van der Waals surface area contributed by atoms with Crippen molar-refractivity contribution >= 4 is 16.6 Å². The number of hydrogen-bond acceptors (Lipinski definition) is 5. The molecule has 33 heavy (non-hydrogen) atoms. The second-order valence-electron chi connectivity index (χ2n) is 8.54. The minimum atomic E-state index is 0.802. The zero-order valence-electron chi connectivity index (χ0n) is 18.4. The highest BCUT2D eigenvalue weighted by Crippen LogP contribution is 2.29. The number of nitrogens with zero attached hydrogens (tertiary/aromatic N) is 5. The van der Waals surface area contributed by atoms with Crippen LogP contribution in [0.1, 0.15) is 12.0 Å². The van der Waals surface area contributed by atoms with E-state index in [1.54, 1.807) is 0 Å². The topological polar surface area (TPSA) is 71.3 Å². The maximum Gasteiger partial charge on any atom is 0.164 e. The molecule has 1 aliphatic rings. The van der Waals surface area contributed by atoms with Gasteiger partial charge in [-0.1, -0.05) is 42.5 Å². The molecule has 7 nitrogen and oxygen atoms in total. The van der Waals surface area contributed by atoms with E-state index in [1.165, 1.54) is 12.0 Å². The molecular formula is C26H26N6O. The van der Waals surface area contributed by atoms with Gasteiger partial charge >= 0.3 is 0 Å². The molecule has 6 rings (SSSR count). The monoisotopic (exact) mass is 438 g/mol. The molecule has 0 radical (unpaired) electrons. The second kappa shape index (κ2) is 8.77. The number of aryl methyl sites for hydroxylation is 1. The van der Waals surface area contributed by atoms with Crippen molar-refractivity contribution in [2.45, 2.75) is 12.8 Å². The van der Waals surface area contributed by atoms with Crippen molar-refractivity contribution in [1.82, 2.24) is 29.7 Å². The van der Waals surface area contributed by atoms with E-state index in [2.05, 4.69) is 50.5 Å². The number of H-pyrrole nitrogens is 1. The number of nitrogens with one attached hydrogen (secondary N) is 1. The summed E-state index contributed by atoms with van der Waals surface area (Å²) in [5.74, 6) is 0. The molecule has 7 heteroatoms. The summed E-state index contributed by atoms with van der Waals surface area (Å²) in [4.78, 5) is 7.22. The Morgan fingerprint density at radius 3 is 2.67 bits per heavy atom. The lowest BCUT2D eigenvalue weighted by molar-refractivity contribution is 0.0375. The highest BCUT2D eigenvalue weighted by molar-refractivity contribution is 5.96. The average molecular weight is 439 g/mol. The van der Waals surface area contributed by atoms with E-state index in [-0.39, 0.29) is 0 Å². The number of aromatic amines is 1. The molecule has 0 spiro atoms. The van der Waals surface area contributed by atoms with Crippen LogP contribution in [0.4, 0.5) is 0 Å². The van der Waals surface area contributed by atoms with Crippen LogP contribution in [0.15, 0.2) is 67.1 Å². The molecule has 1 aliphatic heterocycles. The van der Waals surface area contributed by atoms with E-state index in [1.807, 2.05) is 41.3 Å². The number of para-hydroxylation sites is 1. The Balaban J connectivity index is 1.18. The van der Waals surface area contributed by atoms with Crippen LogP contribution in [0.5, 0.6) is 0 Å². The van der Waals surface area contributed by atoms with Crippen LogP contribution in [0.2, 0.25) is 0 Å². The molecule has 1 saturated heterocycles. The van der Waals surface area contributed by atoms with E-state index in [4.69, 9.17) is 9.72 Å². The number of aromatic nitrogens is 5. The highest BCUT2D eigenvalue weighted by atomic mass is 16.5. The van der Waals surface area contributed by atoms with E-state index in [0.717, 1.165) is 78.2 Å². The molecule has 166 valence electrons. The highest BCUT2D eigenvalue weighted by Gasteiger charge is 2.15. The van der Waals surface area contributed by atoms with Gasteiger partial charge in [-0.05, 0) is 36.6 Å². The Hall–Kier alpha value is -3.55. The van der Waals surface area contributed by atoms with E-state index in [0.29, 0.717) is 0 Å². The Morgan fingerprint density at radius 2 is 1.79 bits per heavy atom. The summed E-state index contributed by atoms with van der Waals surface area (Å²) in [6.45, 7) is 4.98. The Bertz CT molecular complexity index is 1380. The maximum atomic E-state index is 5.43. The third-order valence-corrected chi connectivity index (χ3v) is 6.41. The SMILES string of the molecule is c1ccc2c(-c3cnn4cc(-c5ccc(CCCN6CCOCC6)cc5)cnc34)n[nH]c2c1. The molecule has 0 amide bonds. The fourth-order valence-corrected chi connectivity index (χ4v) is 4.56. The van der Waals surface area contributed by atoms with Gasteiger partial charge in [0.15, 0.2) is 5.65 Å². The first-order valence-corrected chi connectivity index (χ1v) is 11.5. The minimum Gasteiger partial charge on any atom is -0.379 e. The summed E-state index contributed by atoms with van der Waals surface area (Å²) in [5, 5.41) is 13.2. The first kappa shape index (κ1) is 20.1. The molecule has 0 bridgehead atoms. The van der Waals surface area contributed by atoms with E-state index < -0.39 is 0 Å². The van der Waals surface area contributed by atoms with Crippen LogP contribution in [-0.2, 0) is 11.2 Å². The third-order valence-electron chi connectivity index (χ3n) is 6.41. The molecule has 5 aromatic rings. The van der Waals surface area contributed by atoms with Crippen LogP contribution in [0, 0.1) is 0 Å². The lowest BCUT2D eigenvalue weighted by Gasteiger charge is -2.26. The summed E-state index contributed by atoms with van der Waals surface area (Å²) in [5.41, 5.74) is 7.17. The number of fused-ring (bicyclic) bond motifs is 2. The third kappa shape index (κ3) is 4.01. The van der Waals surface area contributed by atoms with Crippen molar-refractivity contribution in [3.63, 3.8) is 0 Å². The van der Waals surface area contributed by atoms with Crippen LogP contribution < -0.4 is 0 Å². The van der Waals surface area contributed by atoms with Crippen molar-refractivity contribution in [3.8, 4) is 22.4 Å². The van der Waals surface area contributed by atoms with Crippen molar-refractivity contribution < 1.29 is 4.74 Å². The molecule has 1 N–H and O–H groups in total. The van der Waals surface area contributed by atoms with Gasteiger partial charge in [-0.15, -0.1) is 0 Å². The molecule has 0 atom stereocenters. The Morgan fingerprint density at radius 1 is 0.939 bits per heavy atom. The number of rotatable bonds is 6. The Labute approximate surface area is 192 Å². The van der Waals surface area contributed by atoms with Crippen molar-refractivity contribution in [2.75, 3.05) is 32.8 Å². The van der Waals surface area contributed by atoms with Gasteiger partial charge in [-0.25, -0.2) is 9.50 Å². The van der Waals surface area contributed by atoms with Crippen molar-refractivity contribution in [1.29, 1.82) is 0 Å². The summed E-state index contributed by atoms with van der Waals surface area (Å²) in [7, 11) is 0. The predicted molar refractivity (Wildman–Crippen MR) is 129 cm³/mol. The van der Waals surface area contributed by atoms with Gasteiger partial charge in [0.05, 0.1) is 30.5 Å². The average Bonchev–Trinajstić information content (AvgIpc) is 3.49. The van der Waals surface area contributed by atoms with Crippen LogP contribution in [0.25, 0.3) is 38.9 Å². The van der Waals surface area contributed by atoms with Crippen molar-refractivity contribution in [3.05, 3.63) is 72.7 Å². The number of hydrogen-bond donors (Lipinski definition) is 1. The Kier molecular flexibility index (Phi) is 5.34. The molecule has 2 aromatic carbocycles. The van der Waals surface area contributed by atoms with Gasteiger partial charge in [0.25, 0.3) is 0 Å². The van der Waals surface area contributed by atoms with Gasteiger partial charge in [-0.2, -0.15) is 10.2 Å². The fourth-order valence-electron chi connectivity index (χ4n) is 4.56. The van der Waals surface area contributed by atoms with Gasteiger partial charge in [0.1, 0.15) is 5.69 Å². The van der Waals surface area contributed by atoms with Gasteiger partial charge in [-0.3, -0.25) is 10.00 Å². The number of ether oxygens (including phenoxy) is 1. The summed E-state index contributed by atoms with van der Waals surface area (Å²) in [6, 6.07) is 16.9. The zero-order valence-corrected chi connectivity index (χ0v) is 18.4. The van der Waals surface area contributed by atoms with Crippen molar-refractivity contribution in [2.24, 2.45) is 0 Å². The van der Waals surface area contributed by atoms with Crippen LogP contribution in [0.3, 0.4) is 0 Å². The molecule has 0 unspecified atom stereocenters. The van der Waals surface area contributed by atoms with E-state index >= 15 is 0 Å².